The lowest BCUT2D eigenvalue weighted by molar-refractivity contribution is -0.144. The summed E-state index contributed by atoms with van der Waals surface area (Å²) in [6.07, 6.45) is 0.506. The van der Waals surface area contributed by atoms with Crippen molar-refractivity contribution in [2.45, 2.75) is 19.3 Å². The maximum Gasteiger partial charge on any atom is 0.306 e. The molecule has 1 aromatic carbocycles. The number of carbonyl (C=O) groups is 3. The van der Waals surface area contributed by atoms with Crippen LogP contribution in [0.5, 0.6) is 0 Å². The standard InChI is InChI=1S/C18H19N3O4S2/c22-15(19-18(26)21-20-17(24)14-7-4-12-27-14)8-9-16(23)25-11-10-13-5-2-1-3-6-13/h1-7,12H,8-11H2,(H,20,24)(H2,19,21,22,26). The highest BCUT2D eigenvalue weighted by Crippen LogP contribution is 2.07. The van der Waals surface area contributed by atoms with Crippen molar-refractivity contribution in [1.29, 1.82) is 0 Å². The largest absolute Gasteiger partial charge is 0.465 e. The Hall–Kier alpha value is -2.78. The molecule has 0 unspecified atom stereocenters. The molecule has 2 rings (SSSR count). The molecule has 0 aliphatic heterocycles. The molecule has 0 radical (unpaired) electrons. The van der Waals surface area contributed by atoms with Crippen molar-refractivity contribution in [2.24, 2.45) is 0 Å². The number of ether oxygens (including phenoxy) is 1. The predicted molar refractivity (Wildman–Crippen MR) is 106 cm³/mol. The summed E-state index contributed by atoms with van der Waals surface area (Å²) in [5.74, 6) is -1.26. The number of nitrogens with one attached hydrogen (secondary N) is 3. The van der Waals surface area contributed by atoms with Crippen molar-refractivity contribution in [3.05, 3.63) is 58.3 Å². The Morgan fingerprint density at radius 2 is 1.78 bits per heavy atom. The van der Waals surface area contributed by atoms with Crippen molar-refractivity contribution in [1.82, 2.24) is 16.2 Å². The Morgan fingerprint density at radius 1 is 1.00 bits per heavy atom. The van der Waals surface area contributed by atoms with Gasteiger partial charge >= 0.3 is 5.97 Å². The molecule has 0 spiro atoms. The zero-order valence-corrected chi connectivity index (χ0v) is 16.0. The number of benzene rings is 1. The van der Waals surface area contributed by atoms with Crippen LogP contribution in [-0.4, -0.2) is 29.5 Å². The summed E-state index contributed by atoms with van der Waals surface area (Å²) in [6.45, 7) is 0.263. The summed E-state index contributed by atoms with van der Waals surface area (Å²) in [5.41, 5.74) is 5.88. The van der Waals surface area contributed by atoms with Crippen molar-refractivity contribution < 1.29 is 19.1 Å². The average molecular weight is 406 g/mol. The van der Waals surface area contributed by atoms with Gasteiger partial charge in [-0.05, 0) is 29.2 Å². The van der Waals surface area contributed by atoms with E-state index in [1.54, 1.807) is 17.5 Å². The van der Waals surface area contributed by atoms with Crippen LogP contribution in [0.15, 0.2) is 47.8 Å². The monoisotopic (exact) mass is 405 g/mol. The highest BCUT2D eigenvalue weighted by molar-refractivity contribution is 7.80. The quantitative estimate of drug-likeness (QED) is 0.370. The van der Waals surface area contributed by atoms with E-state index in [-0.39, 0.29) is 30.5 Å². The molecule has 0 saturated heterocycles. The average Bonchev–Trinajstić information content (AvgIpc) is 3.20. The number of amides is 2. The van der Waals surface area contributed by atoms with E-state index in [2.05, 4.69) is 16.2 Å². The van der Waals surface area contributed by atoms with E-state index >= 15 is 0 Å². The van der Waals surface area contributed by atoms with Gasteiger partial charge in [0.25, 0.3) is 5.91 Å². The zero-order valence-electron chi connectivity index (χ0n) is 14.4. The molecule has 0 bridgehead atoms. The molecule has 1 aromatic heterocycles. The van der Waals surface area contributed by atoms with Gasteiger partial charge in [-0.2, -0.15) is 0 Å². The summed E-state index contributed by atoms with van der Waals surface area (Å²) in [5, 5.41) is 4.10. The highest BCUT2D eigenvalue weighted by Gasteiger charge is 2.11. The molecule has 0 aliphatic carbocycles. The molecular weight excluding hydrogens is 386 g/mol. The van der Waals surface area contributed by atoms with Crippen LogP contribution in [-0.2, 0) is 20.7 Å². The number of hydrazine groups is 1. The first-order chi connectivity index (χ1) is 13.0. The maximum absolute atomic E-state index is 11.8. The number of esters is 1. The van der Waals surface area contributed by atoms with Gasteiger partial charge in [-0.1, -0.05) is 36.4 Å². The van der Waals surface area contributed by atoms with Crippen LogP contribution in [0.2, 0.25) is 0 Å². The van der Waals surface area contributed by atoms with Crippen molar-refractivity contribution >= 4 is 46.5 Å². The fraction of sp³-hybridized carbons (Fsp3) is 0.222. The molecular formula is C18H19N3O4S2. The molecule has 0 saturated carbocycles. The second-order valence-electron chi connectivity index (χ2n) is 5.39. The lowest BCUT2D eigenvalue weighted by Crippen LogP contribution is -2.48. The summed E-state index contributed by atoms with van der Waals surface area (Å²) in [7, 11) is 0. The Labute approximate surface area is 166 Å². The summed E-state index contributed by atoms with van der Waals surface area (Å²) in [6, 6.07) is 13.1. The maximum atomic E-state index is 11.8. The molecule has 7 nitrogen and oxygen atoms in total. The molecule has 3 N–H and O–H groups in total. The third-order valence-electron chi connectivity index (χ3n) is 3.34. The van der Waals surface area contributed by atoms with Gasteiger partial charge in [0.2, 0.25) is 5.91 Å². The van der Waals surface area contributed by atoms with E-state index in [0.29, 0.717) is 11.3 Å². The molecule has 2 aromatic rings. The van der Waals surface area contributed by atoms with E-state index in [4.69, 9.17) is 17.0 Å². The van der Waals surface area contributed by atoms with E-state index < -0.39 is 11.9 Å². The van der Waals surface area contributed by atoms with Crippen molar-refractivity contribution in [3.8, 4) is 0 Å². The number of carbonyl (C=O) groups excluding carboxylic acids is 3. The van der Waals surface area contributed by atoms with Crippen LogP contribution in [0, 0.1) is 0 Å². The number of hydrogen-bond acceptors (Lipinski definition) is 6. The third-order valence-corrected chi connectivity index (χ3v) is 4.41. The minimum absolute atomic E-state index is 0.0508. The minimum atomic E-state index is -0.453. The van der Waals surface area contributed by atoms with Gasteiger partial charge in [-0.25, -0.2) is 0 Å². The van der Waals surface area contributed by atoms with Crippen molar-refractivity contribution in [3.63, 3.8) is 0 Å². The summed E-state index contributed by atoms with van der Waals surface area (Å²) in [4.78, 5) is 35.7. The van der Waals surface area contributed by atoms with Gasteiger partial charge in [0.05, 0.1) is 17.9 Å². The van der Waals surface area contributed by atoms with Gasteiger partial charge in [0.15, 0.2) is 5.11 Å². The van der Waals surface area contributed by atoms with Crippen LogP contribution in [0.1, 0.15) is 28.1 Å². The van der Waals surface area contributed by atoms with Gasteiger partial charge < -0.3 is 10.1 Å². The fourth-order valence-corrected chi connectivity index (χ4v) is 2.80. The number of thiocarbonyl (C=S) groups is 1. The molecule has 0 atom stereocenters. The van der Waals surface area contributed by atoms with Crippen LogP contribution in [0.4, 0.5) is 0 Å². The Balaban J connectivity index is 1.57. The van der Waals surface area contributed by atoms with Gasteiger partial charge in [-0.3, -0.25) is 25.2 Å². The number of rotatable bonds is 7. The van der Waals surface area contributed by atoms with Crippen LogP contribution in [0.3, 0.4) is 0 Å². The highest BCUT2D eigenvalue weighted by atomic mass is 32.1. The fourth-order valence-electron chi connectivity index (χ4n) is 2.02. The molecule has 142 valence electrons. The normalized spacial score (nSPS) is 9.93. The van der Waals surface area contributed by atoms with Crippen molar-refractivity contribution in [2.75, 3.05) is 6.61 Å². The second kappa shape index (κ2) is 11.0. The first-order valence-corrected chi connectivity index (χ1v) is 9.46. The molecule has 0 aliphatic rings. The first kappa shape index (κ1) is 20.5. The van der Waals surface area contributed by atoms with E-state index in [9.17, 15) is 14.4 Å². The molecule has 9 heteroatoms. The Bertz CT molecular complexity index is 779. The van der Waals surface area contributed by atoms with E-state index in [0.717, 1.165) is 5.56 Å². The Kier molecular flexibility index (Phi) is 8.40. The third kappa shape index (κ3) is 7.97. The summed E-state index contributed by atoms with van der Waals surface area (Å²) >= 11 is 6.19. The SMILES string of the molecule is O=C(CCC(=O)OCCc1ccccc1)NC(=S)NNC(=O)c1cccs1. The van der Waals surface area contributed by atoms with Gasteiger partial charge in [-0.15, -0.1) is 11.3 Å². The summed E-state index contributed by atoms with van der Waals surface area (Å²) < 4.78 is 5.10. The number of hydrogen-bond donors (Lipinski definition) is 3. The molecule has 2 amide bonds. The predicted octanol–water partition coefficient (Wildman–Crippen LogP) is 1.95. The van der Waals surface area contributed by atoms with Gasteiger partial charge in [0, 0.05) is 12.8 Å². The van der Waals surface area contributed by atoms with E-state index in [1.807, 2.05) is 30.3 Å². The molecule has 0 fully saturated rings. The van der Waals surface area contributed by atoms with Gasteiger partial charge in [0.1, 0.15) is 0 Å². The van der Waals surface area contributed by atoms with Crippen LogP contribution in [0.25, 0.3) is 0 Å². The van der Waals surface area contributed by atoms with E-state index in [1.165, 1.54) is 11.3 Å². The Morgan fingerprint density at radius 3 is 2.48 bits per heavy atom. The first-order valence-electron chi connectivity index (χ1n) is 8.18. The van der Waals surface area contributed by atoms with Crippen LogP contribution < -0.4 is 16.2 Å². The number of thiophene rings is 1. The second-order valence-corrected chi connectivity index (χ2v) is 6.75. The molecule has 1 heterocycles. The molecule has 27 heavy (non-hydrogen) atoms. The minimum Gasteiger partial charge on any atom is -0.465 e. The lowest BCUT2D eigenvalue weighted by Gasteiger charge is -2.10. The topological polar surface area (TPSA) is 96.5 Å². The lowest BCUT2D eigenvalue weighted by atomic mass is 10.2. The zero-order chi connectivity index (χ0) is 19.5. The van der Waals surface area contributed by atoms with Crippen LogP contribution >= 0.6 is 23.6 Å². The smallest absolute Gasteiger partial charge is 0.306 e.